The number of hydrogen-bond acceptors (Lipinski definition) is 2. The molecule has 2 heteroatoms. The Bertz CT molecular complexity index is 351. The summed E-state index contributed by atoms with van der Waals surface area (Å²) in [7, 11) is 0. The van der Waals surface area contributed by atoms with E-state index in [0.717, 1.165) is 11.1 Å². The van der Waals surface area contributed by atoms with Crippen molar-refractivity contribution >= 4 is 12.2 Å². The molecule has 0 aromatic heterocycles. The fourth-order valence-corrected chi connectivity index (χ4v) is 1.10. The van der Waals surface area contributed by atoms with Gasteiger partial charge in [-0.05, 0) is 24.1 Å². The Balaban J connectivity index is 3.00. The van der Waals surface area contributed by atoms with Crippen LogP contribution in [-0.2, 0) is 4.79 Å². The summed E-state index contributed by atoms with van der Waals surface area (Å²) in [5, 5.41) is 0. The SMILES string of the molecule is C=Cc1cccc(C(C)N=C=O)c1. The topological polar surface area (TPSA) is 29.4 Å². The van der Waals surface area contributed by atoms with Crippen molar-refractivity contribution in [2.24, 2.45) is 4.99 Å². The lowest BCUT2D eigenvalue weighted by Gasteiger charge is -2.04. The molecule has 0 heterocycles. The first-order chi connectivity index (χ1) is 6.27. The Morgan fingerprint density at radius 3 is 3.00 bits per heavy atom. The highest BCUT2D eigenvalue weighted by Crippen LogP contribution is 2.17. The summed E-state index contributed by atoms with van der Waals surface area (Å²) in [4.78, 5) is 13.7. The maximum atomic E-state index is 10.0. The van der Waals surface area contributed by atoms with E-state index in [9.17, 15) is 4.79 Å². The molecule has 0 aliphatic carbocycles. The standard InChI is InChI=1S/C11H11NO/c1-3-10-5-4-6-11(7-10)9(2)12-8-13/h3-7,9H,1H2,2H3. The maximum absolute atomic E-state index is 10.0. The molecule has 0 saturated heterocycles. The zero-order valence-corrected chi connectivity index (χ0v) is 7.53. The maximum Gasteiger partial charge on any atom is 0.235 e. The van der Waals surface area contributed by atoms with Gasteiger partial charge in [0.15, 0.2) is 0 Å². The third-order valence-corrected chi connectivity index (χ3v) is 1.88. The van der Waals surface area contributed by atoms with Crippen LogP contribution in [0.5, 0.6) is 0 Å². The Morgan fingerprint density at radius 2 is 2.38 bits per heavy atom. The summed E-state index contributed by atoms with van der Waals surface area (Å²) >= 11 is 0. The number of carbonyl (C=O) groups excluding carboxylic acids is 1. The highest BCUT2D eigenvalue weighted by Gasteiger charge is 2.01. The zero-order valence-electron chi connectivity index (χ0n) is 7.53. The van der Waals surface area contributed by atoms with Crippen LogP contribution < -0.4 is 0 Å². The highest BCUT2D eigenvalue weighted by molar-refractivity contribution is 5.48. The number of hydrogen-bond donors (Lipinski definition) is 0. The molecule has 1 aromatic rings. The van der Waals surface area contributed by atoms with Gasteiger partial charge in [-0.25, -0.2) is 4.79 Å². The minimum absolute atomic E-state index is 0.127. The normalized spacial score (nSPS) is 11.5. The van der Waals surface area contributed by atoms with Crippen LogP contribution in [0.15, 0.2) is 35.8 Å². The first-order valence-electron chi connectivity index (χ1n) is 4.07. The fourth-order valence-electron chi connectivity index (χ4n) is 1.10. The molecule has 1 aromatic carbocycles. The van der Waals surface area contributed by atoms with Crippen LogP contribution >= 0.6 is 0 Å². The minimum Gasteiger partial charge on any atom is -0.211 e. The van der Waals surface area contributed by atoms with Crippen LogP contribution in [-0.4, -0.2) is 6.08 Å². The monoisotopic (exact) mass is 173 g/mol. The molecule has 2 nitrogen and oxygen atoms in total. The molecule has 0 aliphatic heterocycles. The van der Waals surface area contributed by atoms with Gasteiger partial charge in [-0.1, -0.05) is 30.9 Å². The van der Waals surface area contributed by atoms with Gasteiger partial charge in [0.2, 0.25) is 6.08 Å². The summed E-state index contributed by atoms with van der Waals surface area (Å²) < 4.78 is 0. The van der Waals surface area contributed by atoms with Gasteiger partial charge in [-0.3, -0.25) is 0 Å². The number of benzene rings is 1. The predicted molar refractivity (Wildman–Crippen MR) is 53.1 cm³/mol. The molecule has 1 unspecified atom stereocenters. The van der Waals surface area contributed by atoms with E-state index in [1.54, 1.807) is 12.2 Å². The number of aliphatic imine (C=N–C) groups is 1. The summed E-state index contributed by atoms with van der Waals surface area (Å²) in [6.45, 7) is 5.52. The first-order valence-corrected chi connectivity index (χ1v) is 4.07. The van der Waals surface area contributed by atoms with E-state index in [0.29, 0.717) is 0 Å². The van der Waals surface area contributed by atoms with E-state index in [1.807, 2.05) is 31.2 Å². The van der Waals surface area contributed by atoms with Gasteiger partial charge in [0.1, 0.15) is 0 Å². The van der Waals surface area contributed by atoms with Crippen LogP contribution in [0.25, 0.3) is 6.08 Å². The van der Waals surface area contributed by atoms with Crippen molar-refractivity contribution in [2.45, 2.75) is 13.0 Å². The van der Waals surface area contributed by atoms with Crippen molar-refractivity contribution in [1.82, 2.24) is 0 Å². The summed E-state index contributed by atoms with van der Waals surface area (Å²) in [5.74, 6) is 0. The summed E-state index contributed by atoms with van der Waals surface area (Å²) in [5.41, 5.74) is 2.03. The molecule has 13 heavy (non-hydrogen) atoms. The third kappa shape index (κ3) is 2.39. The van der Waals surface area contributed by atoms with Gasteiger partial charge in [0.25, 0.3) is 0 Å². The van der Waals surface area contributed by atoms with Crippen molar-refractivity contribution in [3.63, 3.8) is 0 Å². The lowest BCUT2D eigenvalue weighted by Crippen LogP contribution is -1.89. The van der Waals surface area contributed by atoms with Gasteiger partial charge in [0, 0.05) is 0 Å². The van der Waals surface area contributed by atoms with Crippen molar-refractivity contribution in [3.05, 3.63) is 42.0 Å². The molecule has 1 atom stereocenters. The Hall–Kier alpha value is -1.66. The van der Waals surface area contributed by atoms with E-state index in [1.165, 1.54) is 0 Å². The van der Waals surface area contributed by atoms with Gasteiger partial charge < -0.3 is 0 Å². The van der Waals surface area contributed by atoms with Crippen LogP contribution in [0, 0.1) is 0 Å². The average molecular weight is 173 g/mol. The van der Waals surface area contributed by atoms with Crippen molar-refractivity contribution in [2.75, 3.05) is 0 Å². The molecule has 0 spiro atoms. The van der Waals surface area contributed by atoms with E-state index in [-0.39, 0.29) is 6.04 Å². The second kappa shape index (κ2) is 4.39. The van der Waals surface area contributed by atoms with Gasteiger partial charge in [0.05, 0.1) is 6.04 Å². The Kier molecular flexibility index (Phi) is 3.18. The number of nitrogens with zero attached hydrogens (tertiary/aromatic N) is 1. The molecule has 0 N–H and O–H groups in total. The lowest BCUT2D eigenvalue weighted by molar-refractivity contribution is 0.559. The molecular formula is C11H11NO. The van der Waals surface area contributed by atoms with Crippen LogP contribution in [0.4, 0.5) is 0 Å². The smallest absolute Gasteiger partial charge is 0.211 e. The molecule has 0 aliphatic rings. The van der Waals surface area contributed by atoms with Gasteiger partial charge >= 0.3 is 0 Å². The van der Waals surface area contributed by atoms with Crippen molar-refractivity contribution in [1.29, 1.82) is 0 Å². The van der Waals surface area contributed by atoms with Crippen LogP contribution in [0.1, 0.15) is 24.1 Å². The second-order valence-corrected chi connectivity index (χ2v) is 2.77. The lowest BCUT2D eigenvalue weighted by atomic mass is 10.1. The molecule has 66 valence electrons. The average Bonchev–Trinajstić information content (AvgIpc) is 2.18. The molecule has 0 bridgehead atoms. The van der Waals surface area contributed by atoms with Crippen molar-refractivity contribution in [3.8, 4) is 0 Å². The third-order valence-electron chi connectivity index (χ3n) is 1.88. The Labute approximate surface area is 77.6 Å². The zero-order chi connectivity index (χ0) is 9.68. The van der Waals surface area contributed by atoms with Gasteiger partial charge in [-0.15, -0.1) is 0 Å². The highest BCUT2D eigenvalue weighted by atomic mass is 16.1. The Morgan fingerprint density at radius 1 is 1.62 bits per heavy atom. The van der Waals surface area contributed by atoms with Gasteiger partial charge in [-0.2, -0.15) is 4.99 Å². The predicted octanol–water partition coefficient (Wildman–Crippen LogP) is 2.73. The number of rotatable bonds is 3. The fraction of sp³-hybridized carbons (Fsp3) is 0.182. The molecule has 0 amide bonds. The first kappa shape index (κ1) is 9.43. The second-order valence-electron chi connectivity index (χ2n) is 2.77. The summed E-state index contributed by atoms with van der Waals surface area (Å²) in [6.07, 6.45) is 3.32. The largest absolute Gasteiger partial charge is 0.235 e. The quantitative estimate of drug-likeness (QED) is 0.510. The molecule has 0 fully saturated rings. The van der Waals surface area contributed by atoms with E-state index < -0.39 is 0 Å². The molecular weight excluding hydrogens is 162 g/mol. The van der Waals surface area contributed by atoms with E-state index in [4.69, 9.17) is 0 Å². The van der Waals surface area contributed by atoms with Crippen LogP contribution in [0.3, 0.4) is 0 Å². The minimum atomic E-state index is -0.127. The molecule has 1 rings (SSSR count). The van der Waals surface area contributed by atoms with E-state index >= 15 is 0 Å². The van der Waals surface area contributed by atoms with Crippen molar-refractivity contribution < 1.29 is 4.79 Å². The van der Waals surface area contributed by atoms with Crippen LogP contribution in [0.2, 0.25) is 0 Å². The molecule has 0 saturated carbocycles. The van der Waals surface area contributed by atoms with E-state index in [2.05, 4.69) is 11.6 Å². The molecule has 0 radical (unpaired) electrons. The number of isocyanates is 1. The summed E-state index contributed by atoms with van der Waals surface area (Å²) in [6, 6.07) is 7.63.